The monoisotopic (exact) mass is 302 g/mol. The van der Waals surface area contributed by atoms with E-state index in [4.69, 9.17) is 9.47 Å². The number of hydrogen-bond acceptors (Lipinski definition) is 4. The maximum absolute atomic E-state index is 11.8. The van der Waals surface area contributed by atoms with Gasteiger partial charge in [-0.1, -0.05) is 0 Å². The van der Waals surface area contributed by atoms with E-state index in [1.54, 1.807) is 30.7 Å². The van der Waals surface area contributed by atoms with E-state index in [1.807, 2.05) is 10.8 Å². The van der Waals surface area contributed by atoms with Crippen molar-refractivity contribution in [1.29, 1.82) is 0 Å². The highest BCUT2D eigenvalue weighted by Crippen LogP contribution is 2.32. The van der Waals surface area contributed by atoms with Crippen molar-refractivity contribution in [3.8, 4) is 11.5 Å². The van der Waals surface area contributed by atoms with Gasteiger partial charge < -0.3 is 24.7 Å². The van der Waals surface area contributed by atoms with Crippen molar-refractivity contribution in [2.75, 3.05) is 25.1 Å². The van der Waals surface area contributed by atoms with E-state index in [0.717, 1.165) is 13.0 Å². The van der Waals surface area contributed by atoms with Crippen LogP contribution in [0.4, 0.5) is 10.5 Å². The van der Waals surface area contributed by atoms with Crippen LogP contribution in [0.15, 0.2) is 36.9 Å². The molecule has 0 unspecified atom stereocenters. The van der Waals surface area contributed by atoms with Crippen LogP contribution in [-0.2, 0) is 6.54 Å². The van der Waals surface area contributed by atoms with Gasteiger partial charge in [-0.15, -0.1) is 0 Å². The molecule has 0 atom stereocenters. The molecule has 1 aliphatic rings. The third kappa shape index (κ3) is 3.69. The number of nitrogens with zero attached hydrogens (tertiary/aromatic N) is 2. The van der Waals surface area contributed by atoms with Crippen molar-refractivity contribution in [1.82, 2.24) is 14.9 Å². The zero-order chi connectivity index (χ0) is 15.2. The average molecular weight is 302 g/mol. The first-order valence-electron chi connectivity index (χ1n) is 7.21. The predicted octanol–water partition coefficient (Wildman–Crippen LogP) is 1.87. The van der Waals surface area contributed by atoms with Crippen molar-refractivity contribution in [3.05, 3.63) is 36.9 Å². The zero-order valence-electron chi connectivity index (χ0n) is 12.1. The quantitative estimate of drug-likeness (QED) is 0.827. The van der Waals surface area contributed by atoms with Crippen LogP contribution in [0.1, 0.15) is 6.42 Å². The smallest absolute Gasteiger partial charge is 0.319 e. The highest BCUT2D eigenvalue weighted by Gasteiger charge is 2.12. The van der Waals surface area contributed by atoms with Crippen LogP contribution in [0.3, 0.4) is 0 Å². The van der Waals surface area contributed by atoms with Gasteiger partial charge in [0.1, 0.15) is 13.2 Å². The van der Waals surface area contributed by atoms with Gasteiger partial charge in [0, 0.05) is 37.2 Å². The summed E-state index contributed by atoms with van der Waals surface area (Å²) in [6.45, 7) is 2.49. The number of carbonyl (C=O) groups excluding carboxylic acids is 1. The Hall–Kier alpha value is -2.70. The van der Waals surface area contributed by atoms with Crippen LogP contribution in [0.5, 0.6) is 11.5 Å². The fourth-order valence-corrected chi connectivity index (χ4v) is 2.18. The molecule has 2 amide bonds. The van der Waals surface area contributed by atoms with Gasteiger partial charge in [-0.25, -0.2) is 9.78 Å². The first-order chi connectivity index (χ1) is 10.8. The second-order valence-corrected chi connectivity index (χ2v) is 4.89. The molecule has 0 spiro atoms. The SMILES string of the molecule is O=C(NCCCn1ccnc1)Nc1ccc2c(c1)OCCO2. The lowest BCUT2D eigenvalue weighted by molar-refractivity contribution is 0.171. The molecule has 1 aliphatic heterocycles. The molecular weight excluding hydrogens is 284 g/mol. The summed E-state index contributed by atoms with van der Waals surface area (Å²) in [4.78, 5) is 15.8. The van der Waals surface area contributed by atoms with Gasteiger partial charge in [-0.3, -0.25) is 0 Å². The third-order valence-corrected chi connectivity index (χ3v) is 3.24. The van der Waals surface area contributed by atoms with E-state index >= 15 is 0 Å². The minimum atomic E-state index is -0.234. The zero-order valence-corrected chi connectivity index (χ0v) is 12.1. The number of aromatic nitrogens is 2. The number of urea groups is 1. The van der Waals surface area contributed by atoms with Gasteiger partial charge in [-0.05, 0) is 18.6 Å². The maximum Gasteiger partial charge on any atom is 0.319 e. The largest absolute Gasteiger partial charge is 0.486 e. The number of rotatable bonds is 5. The van der Waals surface area contributed by atoms with E-state index in [1.165, 1.54) is 0 Å². The van der Waals surface area contributed by atoms with E-state index < -0.39 is 0 Å². The minimum absolute atomic E-state index is 0.234. The molecule has 0 bridgehead atoms. The van der Waals surface area contributed by atoms with E-state index in [-0.39, 0.29) is 6.03 Å². The van der Waals surface area contributed by atoms with Crippen LogP contribution in [0.2, 0.25) is 0 Å². The van der Waals surface area contributed by atoms with Crippen LogP contribution in [-0.4, -0.2) is 35.3 Å². The first kappa shape index (κ1) is 14.2. The molecule has 2 aromatic rings. The van der Waals surface area contributed by atoms with Gasteiger partial charge in [0.2, 0.25) is 0 Å². The van der Waals surface area contributed by atoms with E-state index in [0.29, 0.717) is 36.9 Å². The van der Waals surface area contributed by atoms with Crippen molar-refractivity contribution < 1.29 is 14.3 Å². The highest BCUT2D eigenvalue weighted by molar-refractivity contribution is 5.89. The topological polar surface area (TPSA) is 77.4 Å². The van der Waals surface area contributed by atoms with E-state index in [9.17, 15) is 4.79 Å². The van der Waals surface area contributed by atoms with Crippen molar-refractivity contribution in [3.63, 3.8) is 0 Å². The lowest BCUT2D eigenvalue weighted by Gasteiger charge is -2.19. The summed E-state index contributed by atoms with van der Waals surface area (Å²) in [6.07, 6.45) is 6.23. The molecule has 1 aromatic heterocycles. The summed E-state index contributed by atoms with van der Waals surface area (Å²) in [5, 5.41) is 5.60. The number of carbonyl (C=O) groups is 1. The van der Waals surface area contributed by atoms with Crippen molar-refractivity contribution in [2.24, 2.45) is 0 Å². The molecule has 7 nitrogen and oxygen atoms in total. The number of benzene rings is 1. The first-order valence-corrected chi connectivity index (χ1v) is 7.21. The number of nitrogens with one attached hydrogen (secondary N) is 2. The summed E-state index contributed by atoms with van der Waals surface area (Å²) in [6, 6.07) is 5.11. The average Bonchev–Trinajstić information content (AvgIpc) is 3.05. The molecule has 0 radical (unpaired) electrons. The molecular formula is C15H18N4O3. The summed E-state index contributed by atoms with van der Waals surface area (Å²) in [7, 11) is 0. The third-order valence-electron chi connectivity index (χ3n) is 3.24. The molecule has 22 heavy (non-hydrogen) atoms. The molecule has 0 fully saturated rings. The molecule has 0 saturated heterocycles. The van der Waals surface area contributed by atoms with Crippen molar-refractivity contribution in [2.45, 2.75) is 13.0 Å². The molecule has 1 aromatic carbocycles. The minimum Gasteiger partial charge on any atom is -0.486 e. The van der Waals surface area contributed by atoms with Gasteiger partial charge >= 0.3 is 6.03 Å². The summed E-state index contributed by atoms with van der Waals surface area (Å²) >= 11 is 0. The Balaban J connectivity index is 1.43. The molecule has 2 heterocycles. The Morgan fingerprint density at radius 2 is 2.14 bits per heavy atom. The summed E-state index contributed by atoms with van der Waals surface area (Å²) in [5.41, 5.74) is 0.677. The second kappa shape index (κ2) is 6.84. The number of ether oxygens (including phenoxy) is 2. The Morgan fingerprint density at radius 1 is 1.27 bits per heavy atom. The Labute approximate surface area is 128 Å². The summed E-state index contributed by atoms with van der Waals surface area (Å²) in [5.74, 6) is 1.36. The number of anilines is 1. The number of amides is 2. The van der Waals surface area contributed by atoms with Gasteiger partial charge in [0.25, 0.3) is 0 Å². The van der Waals surface area contributed by atoms with Gasteiger partial charge in [0.05, 0.1) is 6.33 Å². The van der Waals surface area contributed by atoms with Gasteiger partial charge in [-0.2, -0.15) is 0 Å². The Bertz CT molecular complexity index is 628. The number of fused-ring (bicyclic) bond motifs is 1. The fourth-order valence-electron chi connectivity index (χ4n) is 2.18. The molecule has 2 N–H and O–H groups in total. The predicted molar refractivity (Wildman–Crippen MR) is 81.3 cm³/mol. The number of imidazole rings is 1. The molecule has 0 aliphatic carbocycles. The van der Waals surface area contributed by atoms with Crippen LogP contribution in [0.25, 0.3) is 0 Å². The lowest BCUT2D eigenvalue weighted by atomic mass is 10.2. The molecule has 3 rings (SSSR count). The molecule has 0 saturated carbocycles. The molecule has 7 heteroatoms. The standard InChI is InChI=1S/C15H18N4O3/c20-15(17-4-1-6-19-7-5-16-11-19)18-12-2-3-13-14(10-12)22-9-8-21-13/h2-3,5,7,10-11H,1,4,6,8-9H2,(H2,17,18,20). The second-order valence-electron chi connectivity index (χ2n) is 4.89. The normalized spacial score (nSPS) is 12.7. The van der Waals surface area contributed by atoms with Crippen LogP contribution in [0, 0.1) is 0 Å². The lowest BCUT2D eigenvalue weighted by Crippen LogP contribution is -2.30. The van der Waals surface area contributed by atoms with Crippen molar-refractivity contribution >= 4 is 11.7 Å². The summed E-state index contributed by atoms with van der Waals surface area (Å²) < 4.78 is 12.9. The van der Waals surface area contributed by atoms with Gasteiger partial charge in [0.15, 0.2) is 11.5 Å². The highest BCUT2D eigenvalue weighted by atomic mass is 16.6. The fraction of sp³-hybridized carbons (Fsp3) is 0.333. The van der Waals surface area contributed by atoms with Crippen LogP contribution >= 0.6 is 0 Å². The van der Waals surface area contributed by atoms with E-state index in [2.05, 4.69) is 15.6 Å². The number of hydrogen-bond donors (Lipinski definition) is 2. The Morgan fingerprint density at radius 3 is 2.95 bits per heavy atom. The van der Waals surface area contributed by atoms with Crippen LogP contribution < -0.4 is 20.1 Å². The Kier molecular flexibility index (Phi) is 4.43. The molecule has 116 valence electrons. The number of aryl methyl sites for hydroxylation is 1. The maximum atomic E-state index is 11.8.